The van der Waals surface area contributed by atoms with Gasteiger partial charge >= 0.3 is 0 Å². The maximum absolute atomic E-state index is 4.51. The second-order valence-electron chi connectivity index (χ2n) is 5.13. The number of rotatable bonds is 2. The lowest BCUT2D eigenvalue weighted by Crippen LogP contribution is -2.47. The molecule has 0 radical (unpaired) electrons. The van der Waals surface area contributed by atoms with Gasteiger partial charge in [0.1, 0.15) is 0 Å². The van der Waals surface area contributed by atoms with Crippen molar-refractivity contribution in [1.82, 2.24) is 20.0 Å². The zero-order valence-corrected chi connectivity index (χ0v) is 14.7. The number of imidazole rings is 1. The Kier molecular flexibility index (Phi) is 5.60. The summed E-state index contributed by atoms with van der Waals surface area (Å²) in [5.74, 6) is 0.791. The molecule has 0 aliphatic rings. The molecule has 0 aliphatic heterocycles. The van der Waals surface area contributed by atoms with E-state index in [4.69, 9.17) is 0 Å². The third-order valence-corrected chi connectivity index (χ3v) is 3.07. The average Bonchev–Trinajstić information content (AvgIpc) is 2.82. The van der Waals surface area contributed by atoms with Crippen molar-refractivity contribution in [3.05, 3.63) is 23.5 Å². The highest BCUT2D eigenvalue weighted by molar-refractivity contribution is 14.0. The largest absolute Gasteiger partial charge is 0.352 e. The van der Waals surface area contributed by atoms with E-state index in [1.807, 2.05) is 22.2 Å². The molecule has 106 valence electrons. The van der Waals surface area contributed by atoms with Gasteiger partial charge in [-0.1, -0.05) is 0 Å². The van der Waals surface area contributed by atoms with Crippen molar-refractivity contribution < 1.29 is 0 Å². The molecule has 0 atom stereocenters. The molecule has 2 heterocycles. The number of nitrogens with zero attached hydrogens (tertiary/aromatic N) is 3. The summed E-state index contributed by atoms with van der Waals surface area (Å²) in [5.41, 5.74) is 1.01. The second-order valence-corrected chi connectivity index (χ2v) is 6.00. The predicted molar refractivity (Wildman–Crippen MR) is 91.6 cm³/mol. The summed E-state index contributed by atoms with van der Waals surface area (Å²) >= 11 is 1.64. The summed E-state index contributed by atoms with van der Waals surface area (Å²) in [6.45, 7) is 6.98. The smallest absolute Gasteiger partial charge is 0.193 e. The van der Waals surface area contributed by atoms with Crippen LogP contribution < -0.4 is 10.6 Å². The van der Waals surface area contributed by atoms with E-state index in [-0.39, 0.29) is 29.5 Å². The minimum Gasteiger partial charge on any atom is -0.352 e. The standard InChI is InChI=1S/C12H19N5S.HI/c1-12(2,3)16-10(13-4)14-7-9-8-17-5-6-18-11(17)15-9;/h5-6,8H,7H2,1-4H3,(H2,13,14,16);1H. The molecule has 2 rings (SSSR count). The first-order valence-electron chi connectivity index (χ1n) is 5.88. The number of nitrogens with one attached hydrogen (secondary N) is 2. The molecule has 0 aromatic carbocycles. The van der Waals surface area contributed by atoms with E-state index in [0.717, 1.165) is 16.6 Å². The van der Waals surface area contributed by atoms with Crippen LogP contribution in [0.4, 0.5) is 0 Å². The van der Waals surface area contributed by atoms with Gasteiger partial charge in [0.2, 0.25) is 0 Å². The Morgan fingerprint density at radius 2 is 2.21 bits per heavy atom. The Bertz CT molecular complexity index is 523. The highest BCUT2D eigenvalue weighted by Crippen LogP contribution is 2.11. The van der Waals surface area contributed by atoms with E-state index in [1.165, 1.54) is 0 Å². The summed E-state index contributed by atoms with van der Waals surface area (Å²) in [7, 11) is 1.77. The Balaban J connectivity index is 0.00000180. The minimum absolute atomic E-state index is 0. The van der Waals surface area contributed by atoms with Crippen LogP contribution in [-0.2, 0) is 6.54 Å². The van der Waals surface area contributed by atoms with Gasteiger partial charge in [0.25, 0.3) is 0 Å². The van der Waals surface area contributed by atoms with Crippen LogP contribution in [-0.4, -0.2) is 27.9 Å². The maximum Gasteiger partial charge on any atom is 0.193 e. The SMILES string of the molecule is CN=C(NCc1cn2ccsc2n1)NC(C)(C)C.I. The van der Waals surface area contributed by atoms with Crippen LogP contribution in [0.5, 0.6) is 0 Å². The normalized spacial score (nSPS) is 12.3. The van der Waals surface area contributed by atoms with E-state index in [0.29, 0.717) is 6.54 Å². The van der Waals surface area contributed by atoms with E-state index in [2.05, 4.69) is 41.4 Å². The molecule has 0 unspecified atom stereocenters. The molecule has 0 aliphatic carbocycles. The van der Waals surface area contributed by atoms with Crippen molar-refractivity contribution in [2.24, 2.45) is 4.99 Å². The molecule has 2 aromatic rings. The average molecular weight is 393 g/mol. The molecule has 7 heteroatoms. The van der Waals surface area contributed by atoms with Crippen molar-refractivity contribution in [2.75, 3.05) is 7.05 Å². The molecule has 2 N–H and O–H groups in total. The lowest BCUT2D eigenvalue weighted by Gasteiger charge is -2.23. The fraction of sp³-hybridized carbons (Fsp3) is 0.500. The number of aliphatic imine (C=N–C) groups is 1. The van der Waals surface area contributed by atoms with Crippen molar-refractivity contribution in [3.8, 4) is 0 Å². The lowest BCUT2D eigenvalue weighted by molar-refractivity contribution is 0.501. The summed E-state index contributed by atoms with van der Waals surface area (Å²) in [5, 5.41) is 8.60. The second kappa shape index (κ2) is 6.56. The molecule has 0 amide bonds. The van der Waals surface area contributed by atoms with E-state index >= 15 is 0 Å². The molecule has 5 nitrogen and oxygen atoms in total. The molecular weight excluding hydrogens is 373 g/mol. The fourth-order valence-corrected chi connectivity index (χ4v) is 2.29. The molecule has 0 saturated carbocycles. The molecule has 0 fully saturated rings. The summed E-state index contributed by atoms with van der Waals surface area (Å²) < 4.78 is 2.03. The van der Waals surface area contributed by atoms with Gasteiger partial charge in [-0.05, 0) is 20.8 Å². The fourth-order valence-electron chi connectivity index (χ4n) is 1.57. The molecule has 0 spiro atoms. The monoisotopic (exact) mass is 393 g/mol. The first-order valence-corrected chi connectivity index (χ1v) is 6.76. The van der Waals surface area contributed by atoms with Crippen LogP contribution in [0.3, 0.4) is 0 Å². The third kappa shape index (κ3) is 4.64. The number of aromatic nitrogens is 2. The number of halogens is 1. The van der Waals surface area contributed by atoms with Gasteiger partial charge in [0.05, 0.1) is 12.2 Å². The van der Waals surface area contributed by atoms with Gasteiger partial charge < -0.3 is 10.6 Å². The topological polar surface area (TPSA) is 53.7 Å². The highest BCUT2D eigenvalue weighted by Gasteiger charge is 2.12. The van der Waals surface area contributed by atoms with E-state index < -0.39 is 0 Å². The number of hydrogen-bond acceptors (Lipinski definition) is 3. The van der Waals surface area contributed by atoms with Crippen LogP contribution in [0.25, 0.3) is 4.96 Å². The van der Waals surface area contributed by atoms with Gasteiger partial charge in [-0.25, -0.2) is 4.98 Å². The quantitative estimate of drug-likeness (QED) is 0.468. The summed E-state index contributed by atoms with van der Waals surface area (Å²) in [4.78, 5) is 9.72. The summed E-state index contributed by atoms with van der Waals surface area (Å²) in [6.07, 6.45) is 4.04. The van der Waals surface area contributed by atoms with E-state index in [1.54, 1.807) is 18.4 Å². The molecular formula is C12H20IN5S. The van der Waals surface area contributed by atoms with Gasteiger partial charge in [-0.2, -0.15) is 0 Å². The third-order valence-electron chi connectivity index (χ3n) is 2.30. The Morgan fingerprint density at radius 1 is 1.47 bits per heavy atom. The highest BCUT2D eigenvalue weighted by atomic mass is 127. The van der Waals surface area contributed by atoms with Crippen molar-refractivity contribution in [1.29, 1.82) is 0 Å². The van der Waals surface area contributed by atoms with Crippen LogP contribution in [0.1, 0.15) is 26.5 Å². The number of thiazole rings is 1. The predicted octanol–water partition coefficient (Wildman–Crippen LogP) is 2.48. The number of hydrogen-bond donors (Lipinski definition) is 2. The number of guanidine groups is 1. The molecule has 19 heavy (non-hydrogen) atoms. The first kappa shape index (κ1) is 16.2. The molecule has 0 saturated heterocycles. The van der Waals surface area contributed by atoms with Crippen LogP contribution in [0.15, 0.2) is 22.8 Å². The van der Waals surface area contributed by atoms with Crippen LogP contribution >= 0.6 is 35.3 Å². The first-order chi connectivity index (χ1) is 8.48. The minimum atomic E-state index is -0.00358. The van der Waals surface area contributed by atoms with Crippen molar-refractivity contribution in [3.63, 3.8) is 0 Å². The van der Waals surface area contributed by atoms with Crippen LogP contribution in [0.2, 0.25) is 0 Å². The van der Waals surface area contributed by atoms with Crippen LogP contribution in [0, 0.1) is 0 Å². The van der Waals surface area contributed by atoms with Crippen molar-refractivity contribution in [2.45, 2.75) is 32.9 Å². The lowest BCUT2D eigenvalue weighted by atomic mass is 10.1. The Morgan fingerprint density at radius 3 is 2.79 bits per heavy atom. The summed E-state index contributed by atoms with van der Waals surface area (Å²) in [6, 6.07) is 0. The molecule has 0 bridgehead atoms. The Labute approximate surface area is 134 Å². The van der Waals surface area contributed by atoms with Gasteiger partial charge in [0, 0.05) is 30.4 Å². The van der Waals surface area contributed by atoms with Gasteiger partial charge in [0.15, 0.2) is 10.9 Å². The zero-order valence-electron chi connectivity index (χ0n) is 11.6. The van der Waals surface area contributed by atoms with Gasteiger partial charge in [-0.15, -0.1) is 35.3 Å². The van der Waals surface area contributed by atoms with Crippen molar-refractivity contribution >= 4 is 46.2 Å². The van der Waals surface area contributed by atoms with E-state index in [9.17, 15) is 0 Å². The maximum atomic E-state index is 4.51. The zero-order chi connectivity index (χ0) is 13.2. The molecule has 2 aromatic heterocycles. The van der Waals surface area contributed by atoms with Gasteiger partial charge in [-0.3, -0.25) is 9.39 Å². The number of fused-ring (bicyclic) bond motifs is 1. The Hall–Kier alpha value is -0.830.